The number of carbonyl (C=O) groups excluding carboxylic acids is 1. The van der Waals surface area contributed by atoms with E-state index in [1.54, 1.807) is 6.92 Å². The maximum Gasteiger partial charge on any atom is 0.311 e. The van der Waals surface area contributed by atoms with Crippen LogP contribution in [-0.2, 0) is 16.0 Å². The Labute approximate surface area is 149 Å². The Morgan fingerprint density at radius 3 is 2.54 bits per heavy atom. The third-order valence-electron chi connectivity index (χ3n) is 3.77. The van der Waals surface area contributed by atoms with Crippen LogP contribution in [0, 0.1) is 10.1 Å². The summed E-state index contributed by atoms with van der Waals surface area (Å²) in [4.78, 5) is 39.1. The molecular formula is C17H20N4O5. The fraction of sp³-hybridized carbons (Fsp3) is 0.353. The van der Waals surface area contributed by atoms with Crippen molar-refractivity contribution in [3.05, 3.63) is 56.0 Å². The fourth-order valence-corrected chi connectivity index (χ4v) is 2.46. The van der Waals surface area contributed by atoms with E-state index in [0.717, 1.165) is 6.42 Å². The van der Waals surface area contributed by atoms with E-state index in [2.05, 4.69) is 14.8 Å². The smallest absolute Gasteiger partial charge is 0.311 e. The summed E-state index contributed by atoms with van der Waals surface area (Å²) < 4.78 is 5.92. The molecule has 0 atom stereocenters. The first kappa shape index (κ1) is 19.1. The van der Waals surface area contributed by atoms with Crippen LogP contribution in [0.15, 0.2) is 34.1 Å². The zero-order valence-electron chi connectivity index (χ0n) is 14.8. The lowest BCUT2D eigenvalue weighted by Gasteiger charge is -2.02. The molecule has 2 aromatic rings. The monoisotopic (exact) mass is 360 g/mol. The van der Waals surface area contributed by atoms with Gasteiger partial charge in [-0.05, 0) is 25.5 Å². The summed E-state index contributed by atoms with van der Waals surface area (Å²) in [7, 11) is 1.27. The topological polar surface area (TPSA) is 120 Å². The van der Waals surface area contributed by atoms with Crippen LogP contribution in [0.1, 0.15) is 31.5 Å². The minimum absolute atomic E-state index is 0.0796. The van der Waals surface area contributed by atoms with Crippen molar-refractivity contribution in [2.24, 2.45) is 4.99 Å². The SMILES string of the molecule is CCCN=C(C)c1c(CC(=O)OC)[nH]n(-c2ccc([N+](=O)[O-])cc2)c1=O. The Hall–Kier alpha value is -3.23. The molecule has 9 nitrogen and oxygen atoms in total. The number of nitrogens with zero attached hydrogens (tertiary/aromatic N) is 3. The van der Waals surface area contributed by atoms with Crippen LogP contribution in [0.5, 0.6) is 0 Å². The number of benzene rings is 1. The van der Waals surface area contributed by atoms with E-state index in [1.807, 2.05) is 6.92 Å². The Morgan fingerprint density at radius 2 is 2.00 bits per heavy atom. The summed E-state index contributed by atoms with van der Waals surface area (Å²) in [5.74, 6) is -0.494. The molecule has 0 aliphatic rings. The quantitative estimate of drug-likeness (QED) is 0.350. The first-order valence-electron chi connectivity index (χ1n) is 8.06. The lowest BCUT2D eigenvalue weighted by Crippen LogP contribution is -2.20. The second-order valence-corrected chi connectivity index (χ2v) is 5.60. The van der Waals surface area contributed by atoms with E-state index in [9.17, 15) is 19.7 Å². The number of ether oxygens (including phenoxy) is 1. The zero-order chi connectivity index (χ0) is 19.3. The van der Waals surface area contributed by atoms with E-state index < -0.39 is 10.9 Å². The number of esters is 1. The van der Waals surface area contributed by atoms with Crippen molar-refractivity contribution >= 4 is 17.4 Å². The largest absolute Gasteiger partial charge is 0.469 e. The minimum atomic E-state index is -0.517. The third kappa shape index (κ3) is 4.05. The Kier molecular flexibility index (Phi) is 6.05. The van der Waals surface area contributed by atoms with Gasteiger partial charge in [-0.1, -0.05) is 6.92 Å². The van der Waals surface area contributed by atoms with Crippen molar-refractivity contribution in [1.29, 1.82) is 0 Å². The lowest BCUT2D eigenvalue weighted by molar-refractivity contribution is -0.384. The highest BCUT2D eigenvalue weighted by Gasteiger charge is 2.20. The molecule has 138 valence electrons. The molecule has 1 aromatic heterocycles. The highest BCUT2D eigenvalue weighted by atomic mass is 16.6. The molecule has 26 heavy (non-hydrogen) atoms. The Balaban J connectivity index is 2.55. The number of carbonyl (C=O) groups is 1. The molecule has 1 heterocycles. The van der Waals surface area contributed by atoms with Crippen LogP contribution in [0.4, 0.5) is 5.69 Å². The average molecular weight is 360 g/mol. The second-order valence-electron chi connectivity index (χ2n) is 5.60. The molecule has 0 unspecified atom stereocenters. The summed E-state index contributed by atoms with van der Waals surface area (Å²) in [6, 6.07) is 5.53. The maximum atomic E-state index is 12.8. The Bertz CT molecular complexity index is 893. The van der Waals surface area contributed by atoms with Gasteiger partial charge in [0.1, 0.15) is 0 Å². The normalized spacial score (nSPS) is 11.4. The molecule has 0 saturated carbocycles. The molecule has 9 heteroatoms. The molecule has 0 amide bonds. The number of non-ortho nitro benzene ring substituents is 1. The van der Waals surface area contributed by atoms with E-state index in [0.29, 0.717) is 29.2 Å². The van der Waals surface area contributed by atoms with E-state index >= 15 is 0 Å². The number of hydrogen-bond acceptors (Lipinski definition) is 6. The Morgan fingerprint density at radius 1 is 1.35 bits per heavy atom. The van der Waals surface area contributed by atoms with Gasteiger partial charge in [0, 0.05) is 24.4 Å². The molecule has 1 aromatic carbocycles. The van der Waals surface area contributed by atoms with Crippen LogP contribution in [-0.4, -0.2) is 40.0 Å². The molecule has 0 fully saturated rings. The van der Waals surface area contributed by atoms with E-state index in [1.165, 1.54) is 36.1 Å². The van der Waals surface area contributed by atoms with Crippen LogP contribution >= 0.6 is 0 Å². The number of nitrogens with one attached hydrogen (secondary N) is 1. The van der Waals surface area contributed by atoms with Crippen molar-refractivity contribution in [3.63, 3.8) is 0 Å². The fourth-order valence-electron chi connectivity index (χ4n) is 2.46. The van der Waals surface area contributed by atoms with Gasteiger partial charge in [-0.3, -0.25) is 29.8 Å². The summed E-state index contributed by atoms with van der Waals surface area (Å²) in [6.45, 7) is 4.24. The number of nitro groups is 1. The minimum Gasteiger partial charge on any atom is -0.469 e. The van der Waals surface area contributed by atoms with Crippen molar-refractivity contribution in [2.75, 3.05) is 13.7 Å². The van der Waals surface area contributed by atoms with Crippen LogP contribution in [0.3, 0.4) is 0 Å². The summed E-state index contributed by atoms with van der Waals surface area (Å²) in [5.41, 5.74) is 1.17. The highest BCUT2D eigenvalue weighted by Crippen LogP contribution is 2.15. The van der Waals surface area contributed by atoms with Gasteiger partial charge in [-0.25, -0.2) is 4.68 Å². The van der Waals surface area contributed by atoms with E-state index in [4.69, 9.17) is 0 Å². The molecule has 0 aliphatic carbocycles. The summed E-state index contributed by atoms with van der Waals surface area (Å²) >= 11 is 0. The van der Waals surface area contributed by atoms with Gasteiger partial charge >= 0.3 is 5.97 Å². The molecule has 0 spiro atoms. The van der Waals surface area contributed by atoms with Crippen molar-refractivity contribution < 1.29 is 14.5 Å². The van der Waals surface area contributed by atoms with Gasteiger partial charge in [0.25, 0.3) is 11.2 Å². The van der Waals surface area contributed by atoms with Gasteiger partial charge in [0.2, 0.25) is 0 Å². The number of hydrogen-bond donors (Lipinski definition) is 1. The number of nitro benzene ring substituents is 1. The van der Waals surface area contributed by atoms with E-state index in [-0.39, 0.29) is 17.7 Å². The van der Waals surface area contributed by atoms with Crippen LogP contribution in [0.25, 0.3) is 5.69 Å². The number of aromatic amines is 1. The molecule has 2 rings (SSSR count). The molecule has 0 bridgehead atoms. The number of rotatable bonds is 7. The highest BCUT2D eigenvalue weighted by molar-refractivity contribution is 6.00. The molecule has 0 radical (unpaired) electrons. The standard InChI is InChI=1S/C17H20N4O5/c1-4-9-18-11(2)16-14(10-15(22)26-3)19-20(17(16)23)12-5-7-13(8-6-12)21(24)25/h5-8,19H,4,9-10H2,1-3H3. The summed E-state index contributed by atoms with van der Waals surface area (Å²) in [5, 5.41) is 13.7. The molecule has 0 saturated heterocycles. The molecule has 1 N–H and O–H groups in total. The number of H-pyrrole nitrogens is 1. The third-order valence-corrected chi connectivity index (χ3v) is 3.77. The first-order valence-corrected chi connectivity index (χ1v) is 8.06. The lowest BCUT2D eigenvalue weighted by atomic mass is 10.1. The molecule has 0 aliphatic heterocycles. The van der Waals surface area contributed by atoms with Gasteiger partial charge in [-0.15, -0.1) is 0 Å². The van der Waals surface area contributed by atoms with Crippen molar-refractivity contribution in [3.8, 4) is 5.69 Å². The van der Waals surface area contributed by atoms with Crippen molar-refractivity contribution in [2.45, 2.75) is 26.7 Å². The average Bonchev–Trinajstić information content (AvgIpc) is 2.95. The number of aromatic nitrogens is 2. The predicted molar refractivity (Wildman–Crippen MR) is 96.1 cm³/mol. The zero-order valence-corrected chi connectivity index (χ0v) is 14.8. The van der Waals surface area contributed by atoms with Gasteiger partial charge in [-0.2, -0.15) is 0 Å². The number of aliphatic imine (C=N–C) groups is 1. The first-order chi connectivity index (χ1) is 12.4. The van der Waals surface area contributed by atoms with Gasteiger partial charge < -0.3 is 4.74 Å². The van der Waals surface area contributed by atoms with Crippen LogP contribution < -0.4 is 5.56 Å². The van der Waals surface area contributed by atoms with Gasteiger partial charge in [0.15, 0.2) is 0 Å². The second kappa shape index (κ2) is 8.24. The van der Waals surface area contributed by atoms with Gasteiger partial charge in [0.05, 0.1) is 35.4 Å². The number of methoxy groups -OCH3 is 1. The van der Waals surface area contributed by atoms with Crippen LogP contribution in [0.2, 0.25) is 0 Å². The van der Waals surface area contributed by atoms with Crippen molar-refractivity contribution in [1.82, 2.24) is 9.78 Å². The predicted octanol–water partition coefficient (Wildman–Crippen LogP) is 2.01. The maximum absolute atomic E-state index is 12.8. The molecular weight excluding hydrogens is 340 g/mol. The summed E-state index contributed by atoms with van der Waals surface area (Å²) in [6.07, 6.45) is 0.713.